The van der Waals surface area contributed by atoms with Crippen molar-refractivity contribution in [1.29, 1.82) is 0 Å². The van der Waals surface area contributed by atoms with Gasteiger partial charge in [0.1, 0.15) is 0 Å². The van der Waals surface area contributed by atoms with Crippen molar-refractivity contribution in [3.8, 4) is 0 Å². The van der Waals surface area contributed by atoms with Gasteiger partial charge in [0.15, 0.2) is 15.8 Å². The molecule has 0 aromatic carbocycles. The summed E-state index contributed by atoms with van der Waals surface area (Å²) in [7, 11) is -1.07. The van der Waals surface area contributed by atoms with Crippen LogP contribution in [0.5, 0.6) is 0 Å². The van der Waals surface area contributed by atoms with Gasteiger partial charge in [0, 0.05) is 39.8 Å². The van der Waals surface area contributed by atoms with E-state index in [1.54, 1.807) is 13.1 Å². The fraction of sp³-hybridized carbons (Fsp3) is 0.727. The summed E-state index contributed by atoms with van der Waals surface area (Å²) in [6.07, 6.45) is 1.77. The quantitative estimate of drug-likeness (QED) is 0.286. The molecule has 1 aliphatic heterocycles. The highest BCUT2D eigenvalue weighted by atomic mass is 127. The first-order valence-corrected chi connectivity index (χ1v) is 7.88. The molecule has 0 amide bonds. The lowest BCUT2D eigenvalue weighted by Crippen LogP contribution is -2.45. The smallest absolute Gasteiger partial charge is 0.191 e. The van der Waals surface area contributed by atoms with Gasteiger partial charge in [0.25, 0.3) is 0 Å². The Morgan fingerprint density at radius 3 is 2.53 bits per heavy atom. The lowest BCUT2D eigenvalue weighted by molar-refractivity contribution is 0.299. The van der Waals surface area contributed by atoms with E-state index in [-0.39, 0.29) is 35.5 Å². The molecule has 0 aromatic rings. The molecule has 1 fully saturated rings. The zero-order chi connectivity index (χ0) is 13.4. The standard InChI is InChI=1S/C11H22N4O2S.HI/c1-3-4-13-11(12-2)14-5-6-15-7-9-18(16,17)10-8-15;/h3H,1,4-10H2,2H3,(H2,12,13,14);1H. The number of sulfone groups is 1. The Labute approximate surface area is 132 Å². The number of nitrogens with one attached hydrogen (secondary N) is 2. The zero-order valence-corrected chi connectivity index (χ0v) is 14.4. The normalized spacial score (nSPS) is 19.3. The topological polar surface area (TPSA) is 73.8 Å². The lowest BCUT2D eigenvalue weighted by Gasteiger charge is -2.26. The molecule has 1 saturated heterocycles. The van der Waals surface area contributed by atoms with Crippen LogP contribution in [0.4, 0.5) is 0 Å². The summed E-state index contributed by atoms with van der Waals surface area (Å²) in [6, 6.07) is 0. The monoisotopic (exact) mass is 402 g/mol. The molecule has 0 atom stereocenters. The Hall–Kier alpha value is -0.350. The molecule has 8 heteroatoms. The van der Waals surface area contributed by atoms with Crippen LogP contribution in [0.3, 0.4) is 0 Å². The zero-order valence-electron chi connectivity index (χ0n) is 11.3. The maximum atomic E-state index is 11.3. The summed E-state index contributed by atoms with van der Waals surface area (Å²) in [5, 5.41) is 6.25. The van der Waals surface area contributed by atoms with Crippen molar-refractivity contribution in [3.05, 3.63) is 12.7 Å². The third kappa shape index (κ3) is 7.73. The van der Waals surface area contributed by atoms with Crippen LogP contribution in [-0.4, -0.2) is 70.6 Å². The highest BCUT2D eigenvalue weighted by Crippen LogP contribution is 2.02. The van der Waals surface area contributed by atoms with Crippen LogP contribution >= 0.6 is 24.0 Å². The molecule has 1 heterocycles. The van der Waals surface area contributed by atoms with E-state index in [1.807, 2.05) is 0 Å². The Kier molecular flexibility index (Phi) is 9.36. The van der Waals surface area contributed by atoms with Gasteiger partial charge in [-0.15, -0.1) is 30.6 Å². The van der Waals surface area contributed by atoms with E-state index in [0.29, 0.717) is 19.6 Å². The van der Waals surface area contributed by atoms with Gasteiger partial charge < -0.3 is 10.6 Å². The van der Waals surface area contributed by atoms with Crippen LogP contribution in [0, 0.1) is 0 Å². The lowest BCUT2D eigenvalue weighted by atomic mass is 10.4. The highest BCUT2D eigenvalue weighted by Gasteiger charge is 2.20. The molecule has 6 nitrogen and oxygen atoms in total. The van der Waals surface area contributed by atoms with E-state index in [4.69, 9.17) is 0 Å². The summed E-state index contributed by atoms with van der Waals surface area (Å²) in [6.45, 7) is 7.12. The summed E-state index contributed by atoms with van der Waals surface area (Å²) in [4.78, 5) is 6.21. The van der Waals surface area contributed by atoms with Crippen molar-refractivity contribution < 1.29 is 8.42 Å². The van der Waals surface area contributed by atoms with E-state index in [0.717, 1.165) is 19.0 Å². The number of halogens is 1. The van der Waals surface area contributed by atoms with Gasteiger partial charge in [-0.25, -0.2) is 8.42 Å². The van der Waals surface area contributed by atoms with E-state index >= 15 is 0 Å². The van der Waals surface area contributed by atoms with Gasteiger partial charge in [0.2, 0.25) is 0 Å². The number of guanidine groups is 1. The molecular weight excluding hydrogens is 379 g/mol. The molecule has 0 radical (unpaired) electrons. The molecule has 1 aliphatic rings. The second-order valence-corrected chi connectivity index (χ2v) is 6.47. The Balaban J connectivity index is 0.00000324. The van der Waals surface area contributed by atoms with Gasteiger partial charge in [-0.3, -0.25) is 9.89 Å². The number of nitrogens with zero attached hydrogens (tertiary/aromatic N) is 2. The maximum absolute atomic E-state index is 11.3. The average Bonchev–Trinajstić information content (AvgIpc) is 2.35. The van der Waals surface area contributed by atoms with Crippen molar-refractivity contribution in [3.63, 3.8) is 0 Å². The number of hydrogen-bond acceptors (Lipinski definition) is 4. The Morgan fingerprint density at radius 1 is 1.37 bits per heavy atom. The van der Waals surface area contributed by atoms with Crippen molar-refractivity contribution in [1.82, 2.24) is 15.5 Å². The van der Waals surface area contributed by atoms with Gasteiger partial charge in [-0.05, 0) is 0 Å². The van der Waals surface area contributed by atoms with Crippen molar-refractivity contribution in [2.24, 2.45) is 4.99 Å². The van der Waals surface area contributed by atoms with Gasteiger partial charge in [-0.2, -0.15) is 0 Å². The minimum absolute atomic E-state index is 0. The maximum Gasteiger partial charge on any atom is 0.191 e. The predicted octanol–water partition coefficient (Wildman–Crippen LogP) is -0.314. The molecule has 0 unspecified atom stereocenters. The minimum Gasteiger partial charge on any atom is -0.355 e. The minimum atomic E-state index is -2.78. The SMILES string of the molecule is C=CCNC(=NC)NCCN1CCS(=O)(=O)CC1.I. The third-order valence-electron chi connectivity index (χ3n) is 2.79. The Bertz CT molecular complexity index is 383. The molecular formula is C11H23IN4O2S. The summed E-state index contributed by atoms with van der Waals surface area (Å²) in [5.74, 6) is 1.28. The summed E-state index contributed by atoms with van der Waals surface area (Å²) < 4.78 is 22.5. The molecule has 0 aliphatic carbocycles. The van der Waals surface area contributed by atoms with E-state index < -0.39 is 9.84 Å². The highest BCUT2D eigenvalue weighted by molar-refractivity contribution is 14.0. The molecule has 0 saturated carbocycles. The average molecular weight is 402 g/mol. The van der Waals surface area contributed by atoms with Gasteiger partial charge in [-0.1, -0.05) is 6.08 Å². The van der Waals surface area contributed by atoms with E-state index in [2.05, 4.69) is 27.1 Å². The van der Waals surface area contributed by atoms with Crippen molar-refractivity contribution >= 4 is 39.8 Å². The molecule has 112 valence electrons. The third-order valence-corrected chi connectivity index (χ3v) is 4.40. The van der Waals surface area contributed by atoms with Crippen LogP contribution in [0.2, 0.25) is 0 Å². The molecule has 19 heavy (non-hydrogen) atoms. The van der Waals surface area contributed by atoms with E-state index in [9.17, 15) is 8.42 Å². The predicted molar refractivity (Wildman–Crippen MR) is 90.1 cm³/mol. The second kappa shape index (κ2) is 9.54. The molecule has 0 bridgehead atoms. The molecule has 2 N–H and O–H groups in total. The largest absolute Gasteiger partial charge is 0.355 e. The van der Waals surface area contributed by atoms with Crippen molar-refractivity contribution in [2.45, 2.75) is 0 Å². The number of rotatable bonds is 5. The Morgan fingerprint density at radius 2 is 2.00 bits per heavy atom. The fourth-order valence-electron chi connectivity index (χ4n) is 1.70. The van der Waals surface area contributed by atoms with Gasteiger partial charge in [0.05, 0.1) is 11.5 Å². The van der Waals surface area contributed by atoms with Gasteiger partial charge >= 0.3 is 0 Å². The molecule has 0 spiro atoms. The first-order valence-electron chi connectivity index (χ1n) is 6.05. The van der Waals surface area contributed by atoms with Crippen LogP contribution in [0.25, 0.3) is 0 Å². The molecule has 1 rings (SSSR count). The number of hydrogen-bond donors (Lipinski definition) is 2. The summed E-state index contributed by atoms with van der Waals surface area (Å²) in [5.41, 5.74) is 0. The first kappa shape index (κ1) is 18.7. The number of aliphatic imine (C=N–C) groups is 1. The van der Waals surface area contributed by atoms with Crippen LogP contribution in [0.15, 0.2) is 17.6 Å². The summed E-state index contributed by atoms with van der Waals surface area (Å²) >= 11 is 0. The fourth-order valence-corrected chi connectivity index (χ4v) is 2.97. The van der Waals surface area contributed by atoms with Crippen LogP contribution in [-0.2, 0) is 9.84 Å². The van der Waals surface area contributed by atoms with Crippen LogP contribution in [0.1, 0.15) is 0 Å². The van der Waals surface area contributed by atoms with Crippen LogP contribution < -0.4 is 10.6 Å². The first-order chi connectivity index (χ1) is 8.57. The van der Waals surface area contributed by atoms with E-state index in [1.165, 1.54) is 0 Å². The molecule has 0 aromatic heterocycles. The van der Waals surface area contributed by atoms with Crippen molar-refractivity contribution in [2.75, 3.05) is 51.3 Å². The second-order valence-electron chi connectivity index (χ2n) is 4.16.